The van der Waals surface area contributed by atoms with Crippen molar-refractivity contribution in [3.05, 3.63) is 85.9 Å². The molecule has 5 nitrogen and oxygen atoms in total. The molecule has 0 saturated heterocycles. The van der Waals surface area contributed by atoms with E-state index >= 15 is 0 Å². The topological polar surface area (TPSA) is 59.0 Å². The summed E-state index contributed by atoms with van der Waals surface area (Å²) >= 11 is 2.73. The molecule has 2 atom stereocenters. The van der Waals surface area contributed by atoms with Crippen LogP contribution in [0, 0.1) is 12.8 Å². The van der Waals surface area contributed by atoms with Gasteiger partial charge in [-0.2, -0.15) is 0 Å². The molecule has 3 aromatic rings. The van der Waals surface area contributed by atoms with E-state index in [1.54, 1.807) is 12.1 Å². The van der Waals surface area contributed by atoms with Crippen molar-refractivity contribution in [2.75, 3.05) is 20.2 Å². The smallest absolute Gasteiger partial charge is 0.350 e. The highest BCUT2D eigenvalue weighted by molar-refractivity contribution is 7.12. The number of likely N-dealkylation sites (N-methyl/N-ethyl adjacent to an activating group) is 1. The van der Waals surface area contributed by atoms with Gasteiger partial charge < -0.3 is 19.5 Å². The Morgan fingerprint density at radius 1 is 1.15 bits per heavy atom. The zero-order valence-corrected chi connectivity index (χ0v) is 21.0. The minimum Gasteiger partial charge on any atom is -0.492 e. The van der Waals surface area contributed by atoms with Gasteiger partial charge in [0.2, 0.25) is 5.60 Å². The summed E-state index contributed by atoms with van der Waals surface area (Å²) in [5, 5.41) is 15.3. The number of allylic oxidation sites excluding steroid dienone is 1. The number of aliphatic hydroxyl groups is 1. The van der Waals surface area contributed by atoms with Gasteiger partial charge in [-0.05, 0) is 72.3 Å². The molecule has 0 spiro atoms. The van der Waals surface area contributed by atoms with Crippen LogP contribution < -0.4 is 4.74 Å². The molecule has 2 unspecified atom stereocenters. The maximum Gasteiger partial charge on any atom is 0.350 e. The average Bonchev–Trinajstić information content (AvgIpc) is 3.64. The first-order valence-corrected chi connectivity index (χ1v) is 13.4. The predicted molar refractivity (Wildman–Crippen MR) is 135 cm³/mol. The SMILES string of the molecule is Cc1cccc(OCCN(C)C2=C3CCC(C2)C3OC(=O)C(O)(c2cccs2)c2cccs2)c1. The number of fused-ring (bicyclic) bond motifs is 2. The fourth-order valence-corrected chi connectivity index (χ4v) is 6.73. The minimum atomic E-state index is -1.77. The van der Waals surface area contributed by atoms with Crippen LogP contribution in [0.4, 0.5) is 0 Å². The second-order valence-electron chi connectivity index (χ2n) is 9.05. The van der Waals surface area contributed by atoms with Crippen molar-refractivity contribution in [2.24, 2.45) is 5.92 Å². The lowest BCUT2D eigenvalue weighted by molar-refractivity contribution is -0.166. The summed E-state index contributed by atoms with van der Waals surface area (Å²) in [6, 6.07) is 15.4. The molecule has 2 aliphatic carbocycles. The van der Waals surface area contributed by atoms with Crippen LogP contribution in [0.1, 0.15) is 34.6 Å². The number of ether oxygens (including phenoxy) is 2. The fraction of sp³-hybridized carbons (Fsp3) is 0.370. The molecule has 2 aliphatic rings. The molecule has 0 aliphatic heterocycles. The van der Waals surface area contributed by atoms with E-state index in [1.807, 2.05) is 41.1 Å². The van der Waals surface area contributed by atoms with Crippen molar-refractivity contribution in [1.29, 1.82) is 0 Å². The van der Waals surface area contributed by atoms with E-state index < -0.39 is 11.6 Å². The van der Waals surface area contributed by atoms with Crippen molar-refractivity contribution >= 4 is 28.6 Å². The molecule has 2 heterocycles. The Morgan fingerprint density at radius 2 is 1.88 bits per heavy atom. The van der Waals surface area contributed by atoms with Crippen LogP contribution in [0.3, 0.4) is 0 Å². The summed E-state index contributed by atoms with van der Waals surface area (Å²) in [7, 11) is 2.08. The second kappa shape index (κ2) is 9.56. The van der Waals surface area contributed by atoms with Gasteiger partial charge in [-0.15, -0.1) is 22.7 Å². The van der Waals surface area contributed by atoms with E-state index in [0.29, 0.717) is 16.4 Å². The number of esters is 1. The maximum absolute atomic E-state index is 13.5. The Kier molecular flexibility index (Phi) is 6.51. The normalized spacial score (nSPS) is 19.5. The monoisotopic (exact) mass is 495 g/mol. The summed E-state index contributed by atoms with van der Waals surface area (Å²) in [6.45, 7) is 3.40. The Labute approximate surface area is 208 Å². The van der Waals surface area contributed by atoms with Crippen LogP contribution >= 0.6 is 22.7 Å². The molecule has 1 N–H and O–H groups in total. The molecule has 178 valence electrons. The highest BCUT2D eigenvalue weighted by atomic mass is 32.1. The average molecular weight is 496 g/mol. The van der Waals surface area contributed by atoms with Gasteiger partial charge in [0.1, 0.15) is 18.5 Å². The van der Waals surface area contributed by atoms with Crippen molar-refractivity contribution in [3.63, 3.8) is 0 Å². The molecular formula is C27H29NO4S2. The van der Waals surface area contributed by atoms with E-state index in [0.717, 1.165) is 31.6 Å². The largest absolute Gasteiger partial charge is 0.492 e. The third-order valence-electron chi connectivity index (χ3n) is 6.81. The number of hydrogen-bond acceptors (Lipinski definition) is 7. The summed E-state index contributed by atoms with van der Waals surface area (Å²) in [6.07, 6.45) is 2.57. The number of rotatable bonds is 9. The molecule has 2 aromatic heterocycles. The summed E-state index contributed by atoms with van der Waals surface area (Å²) in [4.78, 5) is 16.9. The standard InChI is InChI=1S/C27H29NO4S2/c1-18-6-3-7-20(16-18)31-13-12-28(2)22-17-19-10-11-21(22)25(19)32-26(29)27(30,23-8-4-14-33-23)24-9-5-15-34-24/h3-9,14-16,19,25,30H,10-13,17H2,1-2H3. The van der Waals surface area contributed by atoms with Crippen molar-refractivity contribution in [1.82, 2.24) is 4.90 Å². The molecule has 0 amide bonds. The number of nitrogens with zero attached hydrogens (tertiary/aromatic N) is 1. The van der Waals surface area contributed by atoms with Gasteiger partial charge in [-0.3, -0.25) is 0 Å². The van der Waals surface area contributed by atoms with Gasteiger partial charge in [-0.25, -0.2) is 4.79 Å². The third kappa shape index (κ3) is 4.28. The first-order valence-electron chi connectivity index (χ1n) is 11.6. The number of benzene rings is 1. The predicted octanol–water partition coefficient (Wildman–Crippen LogP) is 5.34. The lowest BCUT2D eigenvalue weighted by Gasteiger charge is -2.26. The quantitative estimate of drug-likeness (QED) is 0.406. The number of carbonyl (C=O) groups excluding carboxylic acids is 1. The molecule has 7 heteroatoms. The van der Waals surface area contributed by atoms with Crippen molar-refractivity contribution in [2.45, 2.75) is 37.9 Å². The fourth-order valence-electron chi connectivity index (χ4n) is 5.02. The molecule has 0 radical (unpaired) electrons. The molecule has 2 bridgehead atoms. The zero-order chi connectivity index (χ0) is 23.7. The molecule has 34 heavy (non-hydrogen) atoms. The van der Waals surface area contributed by atoms with Crippen LogP contribution in [0.5, 0.6) is 5.75 Å². The minimum absolute atomic E-state index is 0.269. The Hall–Kier alpha value is -2.61. The Morgan fingerprint density at radius 3 is 2.53 bits per heavy atom. The number of aryl methyl sites for hydroxylation is 1. The molecule has 1 saturated carbocycles. The first kappa shape index (κ1) is 23.1. The van der Waals surface area contributed by atoms with Gasteiger partial charge in [-0.1, -0.05) is 24.3 Å². The van der Waals surface area contributed by atoms with Gasteiger partial charge in [0.05, 0.1) is 16.3 Å². The van der Waals surface area contributed by atoms with Crippen LogP contribution in [0.25, 0.3) is 0 Å². The van der Waals surface area contributed by atoms with Crippen molar-refractivity contribution < 1.29 is 19.4 Å². The summed E-state index contributed by atoms with van der Waals surface area (Å²) < 4.78 is 12.0. The van der Waals surface area contributed by atoms with E-state index in [4.69, 9.17) is 9.47 Å². The Balaban J connectivity index is 1.28. The maximum atomic E-state index is 13.5. The van der Waals surface area contributed by atoms with Crippen LogP contribution in [-0.2, 0) is 15.1 Å². The highest BCUT2D eigenvalue weighted by Crippen LogP contribution is 2.48. The summed E-state index contributed by atoms with van der Waals surface area (Å²) in [5.41, 5.74) is 1.85. The number of thiophene rings is 2. The van der Waals surface area contributed by atoms with Crippen LogP contribution in [-0.4, -0.2) is 42.3 Å². The van der Waals surface area contributed by atoms with Gasteiger partial charge in [0, 0.05) is 18.7 Å². The van der Waals surface area contributed by atoms with E-state index in [9.17, 15) is 9.90 Å². The van der Waals surface area contributed by atoms with E-state index in [1.165, 1.54) is 39.5 Å². The molecular weight excluding hydrogens is 466 g/mol. The zero-order valence-electron chi connectivity index (χ0n) is 19.4. The van der Waals surface area contributed by atoms with E-state index in [2.05, 4.69) is 24.9 Å². The third-order valence-corrected chi connectivity index (χ3v) is 8.77. The van der Waals surface area contributed by atoms with Gasteiger partial charge >= 0.3 is 5.97 Å². The number of hydrogen-bond donors (Lipinski definition) is 1. The lowest BCUT2D eigenvalue weighted by atomic mass is 9.99. The first-order chi connectivity index (χ1) is 16.5. The van der Waals surface area contributed by atoms with Crippen molar-refractivity contribution in [3.8, 4) is 5.75 Å². The Bertz CT molecular complexity index is 1130. The van der Waals surface area contributed by atoms with Gasteiger partial charge in [0.25, 0.3) is 0 Å². The molecule has 1 aromatic carbocycles. The highest BCUT2D eigenvalue weighted by Gasteiger charge is 2.49. The van der Waals surface area contributed by atoms with Crippen LogP contribution in [0.2, 0.25) is 0 Å². The number of carbonyl (C=O) groups is 1. The van der Waals surface area contributed by atoms with Crippen LogP contribution in [0.15, 0.2) is 70.6 Å². The van der Waals surface area contributed by atoms with E-state index in [-0.39, 0.29) is 12.0 Å². The molecule has 5 rings (SSSR count). The lowest BCUT2D eigenvalue weighted by Crippen LogP contribution is -2.39. The van der Waals surface area contributed by atoms with Gasteiger partial charge in [0.15, 0.2) is 0 Å². The summed E-state index contributed by atoms with van der Waals surface area (Å²) in [5.74, 6) is 0.565. The molecule has 1 fully saturated rings. The second-order valence-corrected chi connectivity index (χ2v) is 10.9.